The number of azo groups is 2. The van der Waals surface area contributed by atoms with Crippen molar-refractivity contribution in [1.82, 2.24) is 0 Å². The quantitative estimate of drug-likeness (QED) is 0.0493. The Kier molecular flexibility index (Phi) is 22.6. The van der Waals surface area contributed by atoms with Gasteiger partial charge in [-0.25, -0.2) is 18.0 Å². The molecule has 5 rings (SSSR count). The van der Waals surface area contributed by atoms with Gasteiger partial charge in [-0.3, -0.25) is 18.4 Å². The fourth-order valence-electron chi connectivity index (χ4n) is 4.88. The zero-order valence-electron chi connectivity index (χ0n) is 32.5. The van der Waals surface area contributed by atoms with Crippen LogP contribution in [0.5, 0.6) is 17.2 Å². The predicted octanol–water partition coefficient (Wildman–Crippen LogP) is 2.82. The van der Waals surface area contributed by atoms with Gasteiger partial charge in [-0.05, 0) is 78.2 Å². The average molecular weight is 983 g/mol. The number of phenolic OH excluding ortho intramolecular Hbond substituents is 1. The minimum Gasteiger partial charge on any atom is -0.507 e. The average Bonchev–Trinajstić information content (AvgIpc) is 3.09. The van der Waals surface area contributed by atoms with Gasteiger partial charge in [0.05, 0.1) is 32.2 Å². The Morgan fingerprint density at radius 3 is 1.53 bits per heavy atom. The van der Waals surface area contributed by atoms with E-state index in [1.807, 2.05) is 4.72 Å². The van der Waals surface area contributed by atoms with Gasteiger partial charge in [0, 0.05) is 148 Å². The van der Waals surface area contributed by atoms with Crippen LogP contribution in [0.3, 0.4) is 0 Å². The first-order valence-corrected chi connectivity index (χ1v) is 20.5. The smallest absolute Gasteiger partial charge is 0.339 e. The molecule has 62 heavy (non-hydrogen) atoms. The molecular weight excluding hydrogens is 962 g/mol. The molecule has 0 aliphatic heterocycles. The number of hydrogen-bond acceptors (Lipinski definition) is 17. The second kappa shape index (κ2) is 23.2. The molecule has 0 spiro atoms. The molecule has 0 amide bonds. The number of rotatable bonds is 12. The van der Waals surface area contributed by atoms with Crippen molar-refractivity contribution in [2.45, 2.75) is 19.6 Å². The largest absolute Gasteiger partial charge is 0.507 e. The molecule has 5 aromatic carbocycles. The number of aromatic hydroxyl groups is 3. The number of carboxylic acids is 2. The van der Waals surface area contributed by atoms with Gasteiger partial charge in [-0.2, -0.15) is 35.5 Å². The molecule has 0 bridgehead atoms. The van der Waals surface area contributed by atoms with Crippen molar-refractivity contribution in [3.63, 3.8) is 0 Å². The molecule has 0 fully saturated rings. The minimum atomic E-state index is -5.51. The molecule has 23 nitrogen and oxygen atoms in total. The summed E-state index contributed by atoms with van der Waals surface area (Å²) in [6, 6.07) is 8.93. The molecule has 0 aliphatic carbocycles. The molecule has 0 saturated carbocycles. The minimum absolute atomic E-state index is 0. The third kappa shape index (κ3) is 14.2. The number of phenols is 3. The number of hydrogen-bond donors (Lipinski definition) is 9. The third-order valence-electron chi connectivity index (χ3n) is 7.42. The summed E-state index contributed by atoms with van der Waals surface area (Å²) in [6.45, 7) is 0. The van der Waals surface area contributed by atoms with Crippen LogP contribution in [0.1, 0.15) is 20.7 Å². The van der Waals surface area contributed by atoms with Gasteiger partial charge in [0.15, 0.2) is 5.75 Å². The van der Waals surface area contributed by atoms with E-state index in [0.717, 1.165) is 42.5 Å². The third-order valence-corrected chi connectivity index (χ3v) is 11.4. The number of aromatic carboxylic acids is 2. The molecule has 0 unspecified atom stereocenters. The normalized spacial score (nSPS) is 11.7. The van der Waals surface area contributed by atoms with Gasteiger partial charge >= 0.3 is 11.9 Å². The zero-order chi connectivity index (χ0) is 42.4. The van der Waals surface area contributed by atoms with Crippen LogP contribution in [0, 0.1) is 0 Å². The van der Waals surface area contributed by atoms with Crippen LogP contribution < -0.4 is 4.72 Å². The Morgan fingerprint density at radius 2 is 1.02 bits per heavy atom. The van der Waals surface area contributed by atoms with Gasteiger partial charge in [-0.1, -0.05) is 0 Å². The number of carbonyl (C=O) groups is 2. The fourth-order valence-corrected chi connectivity index (χ4v) is 7.77. The molecule has 32 heteroatoms. The van der Waals surface area contributed by atoms with E-state index in [2.05, 4.69) is 20.5 Å². The van der Waals surface area contributed by atoms with E-state index in [0.29, 0.717) is 30.3 Å². The first-order chi connectivity index (χ1) is 26.3. The Balaban J connectivity index is 0.00000744. The summed E-state index contributed by atoms with van der Waals surface area (Å²) in [5.74, 6) is -6.10. The van der Waals surface area contributed by atoms with Gasteiger partial charge in [-0.15, -0.1) is 10.2 Å². The van der Waals surface area contributed by atoms with Crippen LogP contribution >= 0.6 is 0 Å². The molecule has 0 heterocycles. The van der Waals surface area contributed by atoms with E-state index >= 15 is 0 Å². The molecule has 0 atom stereocenters. The molecule has 5 aromatic rings. The fraction of sp³-hybridized carbons (Fsp3) is 0. The summed E-state index contributed by atoms with van der Waals surface area (Å²) in [4.78, 5) is 18.5. The van der Waals surface area contributed by atoms with E-state index in [1.165, 1.54) is 0 Å². The Labute approximate surface area is 460 Å². The first kappa shape index (κ1) is 60.4. The van der Waals surface area contributed by atoms with Crippen LogP contribution in [0.2, 0.25) is 0 Å². The van der Waals surface area contributed by atoms with Crippen LogP contribution in [-0.2, 0) is 40.4 Å². The van der Waals surface area contributed by atoms with Crippen molar-refractivity contribution in [2.24, 2.45) is 20.5 Å². The summed E-state index contributed by atoms with van der Waals surface area (Å²) >= 11 is 0. The van der Waals surface area contributed by atoms with Crippen molar-refractivity contribution in [3.8, 4) is 17.2 Å². The number of nitrogens with zero attached hydrogens (tertiary/aromatic N) is 4. The number of benzene rings is 5. The maximum Gasteiger partial charge on any atom is 0.339 e. The van der Waals surface area contributed by atoms with E-state index in [9.17, 15) is 82.5 Å². The van der Waals surface area contributed by atoms with Gasteiger partial charge in [0.25, 0.3) is 40.4 Å². The summed E-state index contributed by atoms with van der Waals surface area (Å²) in [6.07, 6.45) is 0. The van der Waals surface area contributed by atoms with Crippen LogP contribution in [0.4, 0.5) is 28.4 Å². The van der Waals surface area contributed by atoms with E-state index in [4.69, 9.17) is 0 Å². The second-order valence-corrected chi connectivity index (χ2v) is 17.1. The summed E-state index contributed by atoms with van der Waals surface area (Å²) in [5.41, 5.74) is -4.86. The first-order valence-electron chi connectivity index (χ1n) is 14.7. The van der Waals surface area contributed by atoms with Crippen molar-refractivity contribution in [3.05, 3.63) is 83.9 Å². The number of nitrogens with one attached hydrogen (secondary N) is 1. The van der Waals surface area contributed by atoms with Crippen molar-refractivity contribution < 1.29 is 82.5 Å². The maximum atomic E-state index is 13.4. The van der Waals surface area contributed by atoms with Crippen LogP contribution in [0.25, 0.3) is 10.8 Å². The summed E-state index contributed by atoms with van der Waals surface area (Å²) in [7, 11) is -20.9. The SMILES string of the molecule is O=C(O)c1cc(N=Nc2ccc(S(=O)(=O)O)c(N=Nc3c(S(=O)(=O)O)cc4cc(S(=O)(=O)O)cc(NS(=O)(=O)c5ccc(O)c(C(=O)O)c5)c4c3O)c2)ccc1O.[Na].[Na].[Na].[Na].[Na]. The van der Waals surface area contributed by atoms with Gasteiger partial charge in [0.1, 0.15) is 43.8 Å². The van der Waals surface area contributed by atoms with Crippen molar-refractivity contribution in [1.29, 1.82) is 0 Å². The van der Waals surface area contributed by atoms with E-state index in [-0.39, 0.29) is 159 Å². The number of anilines is 1. The van der Waals surface area contributed by atoms with Gasteiger partial charge < -0.3 is 25.5 Å². The Bertz CT molecular complexity index is 3100. The predicted molar refractivity (Wildman–Crippen MR) is 220 cm³/mol. The van der Waals surface area contributed by atoms with E-state index in [1.54, 1.807) is 0 Å². The Morgan fingerprint density at radius 1 is 0.516 bits per heavy atom. The molecule has 303 valence electrons. The monoisotopic (exact) mass is 982 g/mol. The molecule has 0 aliphatic rings. The van der Waals surface area contributed by atoms with Crippen molar-refractivity contribution >= 4 is 239 Å². The topological polar surface area (TPSA) is 394 Å². The molecular formula is C30H21N5Na5O18S4. The molecule has 9 N–H and O–H groups in total. The Hall–Kier alpha value is -1.62. The summed E-state index contributed by atoms with van der Waals surface area (Å²) < 4.78 is 132. The van der Waals surface area contributed by atoms with Crippen LogP contribution in [0.15, 0.2) is 113 Å². The van der Waals surface area contributed by atoms with Crippen LogP contribution in [-0.4, -0.2) is 233 Å². The van der Waals surface area contributed by atoms with E-state index < -0.39 is 128 Å². The standard InChI is InChI=1S/C30H21N5O18S4.5Na/c36-22-4-1-14(9-18(22)29(39)40)31-32-15-2-6-24(56(48,49)50)20(10-15)33-34-27-25(57(51,52)53)8-13-7-17(55(45,46)47)12-21(26(13)28(27)38)35-54(43,44)16-3-5-23(37)19(11-16)30(41)42;;;;;/h1-12,35-38H,(H,39,40)(H,41,42)(H,45,46,47)(H,48,49,50)(H,51,52,53);;;;;. The maximum absolute atomic E-state index is 13.4. The molecule has 0 saturated heterocycles. The number of fused-ring (bicyclic) bond motifs is 1. The molecule has 5 radical (unpaired) electrons. The van der Waals surface area contributed by atoms with Crippen molar-refractivity contribution in [2.75, 3.05) is 4.72 Å². The van der Waals surface area contributed by atoms with Gasteiger partial charge in [0.2, 0.25) is 0 Å². The number of carboxylic acid groups (broad SMARTS) is 2. The number of sulfonamides is 1. The summed E-state index contributed by atoms with van der Waals surface area (Å²) in [5, 5.41) is 62.6. The second-order valence-electron chi connectivity index (χ2n) is 11.2. The zero-order valence-corrected chi connectivity index (χ0v) is 45.8. The molecule has 0 aromatic heterocycles.